The summed E-state index contributed by atoms with van der Waals surface area (Å²) in [4.78, 5) is 52.3. The molecule has 2 fully saturated rings. The van der Waals surface area contributed by atoms with E-state index in [1.54, 1.807) is 32.0 Å². The summed E-state index contributed by atoms with van der Waals surface area (Å²) < 4.78 is 37.3. The third kappa shape index (κ3) is 3.79. The van der Waals surface area contributed by atoms with Crippen molar-refractivity contribution in [2.24, 2.45) is 22.2 Å². The Morgan fingerprint density at radius 3 is 2.39 bits per heavy atom. The number of hydroxylamine groups is 2. The first-order valence-electron chi connectivity index (χ1n) is 12.8. The summed E-state index contributed by atoms with van der Waals surface area (Å²) in [6, 6.07) is 7.60. The van der Waals surface area contributed by atoms with Crippen LogP contribution < -0.4 is 4.74 Å². The van der Waals surface area contributed by atoms with Gasteiger partial charge in [0, 0.05) is 11.8 Å². The number of benzene rings is 2. The lowest BCUT2D eigenvalue weighted by molar-refractivity contribution is -0.144. The Hall–Kier alpha value is -3.11. The zero-order valence-electron chi connectivity index (χ0n) is 22.1. The van der Waals surface area contributed by atoms with E-state index in [1.807, 2.05) is 20.8 Å². The van der Waals surface area contributed by atoms with Crippen molar-refractivity contribution < 1.29 is 36.6 Å². The van der Waals surface area contributed by atoms with Crippen LogP contribution in [0.15, 0.2) is 30.3 Å². The number of nitrogens with zero attached hydrogens (tertiary/aromatic N) is 1. The molecular formula is C28H31NO8S. The summed E-state index contributed by atoms with van der Waals surface area (Å²) in [5, 5.41) is 1.04. The molecule has 1 aliphatic heterocycles. The van der Waals surface area contributed by atoms with Crippen molar-refractivity contribution in [3.63, 3.8) is 0 Å². The summed E-state index contributed by atoms with van der Waals surface area (Å²) >= 11 is 0. The Morgan fingerprint density at radius 1 is 1.11 bits per heavy atom. The molecule has 0 aromatic heterocycles. The molecule has 0 N–H and O–H groups in total. The number of esters is 1. The molecule has 2 amide bonds. The van der Waals surface area contributed by atoms with Gasteiger partial charge in [-0.05, 0) is 68.0 Å². The van der Waals surface area contributed by atoms with E-state index in [4.69, 9.17) is 9.02 Å². The van der Waals surface area contributed by atoms with Gasteiger partial charge in [0.25, 0.3) is 21.9 Å². The Balaban J connectivity index is 1.49. The molecule has 10 heteroatoms. The number of ketones is 1. The van der Waals surface area contributed by atoms with Crippen molar-refractivity contribution >= 4 is 44.5 Å². The third-order valence-electron chi connectivity index (χ3n) is 9.18. The number of fused-ring (bicyclic) bond motifs is 2. The van der Waals surface area contributed by atoms with Crippen LogP contribution in [0, 0.1) is 22.2 Å². The largest absolute Gasteiger partial charge is 0.426 e. The summed E-state index contributed by atoms with van der Waals surface area (Å²) in [7, 11) is -4.52. The molecule has 2 aromatic carbocycles. The van der Waals surface area contributed by atoms with Gasteiger partial charge in [0.05, 0.1) is 27.7 Å². The molecule has 2 atom stereocenters. The quantitative estimate of drug-likeness (QED) is 0.286. The highest BCUT2D eigenvalue weighted by atomic mass is 32.2. The van der Waals surface area contributed by atoms with Gasteiger partial charge >= 0.3 is 5.97 Å². The smallest absolute Gasteiger partial charge is 0.316 e. The number of amides is 2. The average Bonchev–Trinajstić information content (AvgIpc) is 3.19. The molecule has 2 saturated carbocycles. The lowest BCUT2D eigenvalue weighted by atomic mass is 9.70. The van der Waals surface area contributed by atoms with E-state index in [0.717, 1.165) is 6.42 Å². The highest BCUT2D eigenvalue weighted by molar-refractivity contribution is 7.86. The molecule has 38 heavy (non-hydrogen) atoms. The van der Waals surface area contributed by atoms with Crippen LogP contribution in [0.4, 0.5) is 0 Å². The van der Waals surface area contributed by atoms with E-state index < -0.39 is 49.9 Å². The number of hydrogen-bond acceptors (Lipinski definition) is 8. The molecular weight excluding hydrogens is 510 g/mol. The lowest BCUT2D eigenvalue weighted by Crippen LogP contribution is -2.46. The van der Waals surface area contributed by atoms with Gasteiger partial charge in [-0.1, -0.05) is 32.9 Å². The van der Waals surface area contributed by atoms with Gasteiger partial charge in [-0.2, -0.15) is 8.42 Å². The molecule has 2 aliphatic carbocycles. The van der Waals surface area contributed by atoms with Crippen molar-refractivity contribution in [3.05, 3.63) is 41.5 Å². The molecule has 0 saturated heterocycles. The summed E-state index contributed by atoms with van der Waals surface area (Å²) in [6.07, 6.45) is 2.00. The zero-order chi connectivity index (χ0) is 27.8. The van der Waals surface area contributed by atoms with Crippen molar-refractivity contribution in [2.45, 2.75) is 60.3 Å². The second kappa shape index (κ2) is 8.44. The molecule has 1 heterocycles. The molecule has 2 aromatic rings. The molecule has 2 bridgehead atoms. The second-order valence-electron chi connectivity index (χ2n) is 11.8. The van der Waals surface area contributed by atoms with Gasteiger partial charge in [-0.3, -0.25) is 19.2 Å². The van der Waals surface area contributed by atoms with Crippen molar-refractivity contribution in [1.29, 1.82) is 0 Å². The minimum atomic E-state index is -4.52. The molecule has 202 valence electrons. The van der Waals surface area contributed by atoms with Gasteiger partial charge in [0.15, 0.2) is 0 Å². The van der Waals surface area contributed by atoms with Crippen LogP contribution in [0.1, 0.15) is 81.0 Å². The maximum atomic E-state index is 13.5. The first kappa shape index (κ1) is 26.5. The van der Waals surface area contributed by atoms with Gasteiger partial charge in [-0.15, -0.1) is 9.35 Å². The molecule has 3 aliphatic rings. The van der Waals surface area contributed by atoms with Crippen LogP contribution in [0.2, 0.25) is 0 Å². The molecule has 0 spiro atoms. The Labute approximate surface area is 221 Å². The molecule has 9 nitrogen and oxygen atoms in total. The van der Waals surface area contributed by atoms with Crippen LogP contribution >= 0.6 is 0 Å². The van der Waals surface area contributed by atoms with Crippen LogP contribution in [0.25, 0.3) is 10.8 Å². The fourth-order valence-electron chi connectivity index (χ4n) is 6.12. The fourth-order valence-corrected chi connectivity index (χ4v) is 7.82. The van der Waals surface area contributed by atoms with E-state index in [2.05, 4.69) is 0 Å². The maximum absolute atomic E-state index is 13.5. The number of hydrogen-bond donors (Lipinski definition) is 0. The number of imide groups is 1. The Morgan fingerprint density at radius 2 is 1.79 bits per heavy atom. The monoisotopic (exact) mass is 541 g/mol. The van der Waals surface area contributed by atoms with Gasteiger partial charge < -0.3 is 4.74 Å². The number of carbonyl (C=O) groups excluding carboxylic acids is 4. The van der Waals surface area contributed by atoms with Crippen molar-refractivity contribution in [2.75, 3.05) is 5.75 Å². The number of carbonyl (C=O) groups is 4. The predicted octanol–water partition coefficient (Wildman–Crippen LogP) is 4.43. The molecule has 0 radical (unpaired) electrons. The molecule has 5 rings (SSSR count). The number of ether oxygens (including phenoxy) is 1. The topological polar surface area (TPSA) is 124 Å². The molecule has 2 unspecified atom stereocenters. The van der Waals surface area contributed by atoms with E-state index in [9.17, 15) is 27.6 Å². The highest BCUT2D eigenvalue weighted by Gasteiger charge is 2.65. The predicted molar refractivity (Wildman–Crippen MR) is 138 cm³/mol. The highest BCUT2D eigenvalue weighted by Crippen LogP contribution is 2.64. The first-order valence-corrected chi connectivity index (χ1v) is 14.3. The van der Waals surface area contributed by atoms with Gasteiger partial charge in [0.1, 0.15) is 11.5 Å². The third-order valence-corrected chi connectivity index (χ3v) is 10.4. The van der Waals surface area contributed by atoms with Crippen molar-refractivity contribution in [1.82, 2.24) is 5.06 Å². The Bertz CT molecular complexity index is 1520. The van der Waals surface area contributed by atoms with Crippen LogP contribution in [-0.4, -0.2) is 42.8 Å². The average molecular weight is 542 g/mol. The van der Waals surface area contributed by atoms with Crippen LogP contribution in [0.5, 0.6) is 5.75 Å². The number of Topliss-reactive ketones (excluding diaryl/α,β-unsaturated/α-hetero) is 1. The van der Waals surface area contributed by atoms with E-state index >= 15 is 0 Å². The Kier molecular flexibility index (Phi) is 5.89. The fraction of sp³-hybridized carbons (Fsp3) is 0.500. The van der Waals surface area contributed by atoms with Crippen LogP contribution in [-0.2, 0) is 24.0 Å². The van der Waals surface area contributed by atoms with E-state index in [1.165, 1.54) is 12.1 Å². The summed E-state index contributed by atoms with van der Waals surface area (Å²) in [5.41, 5.74) is -2.37. The van der Waals surface area contributed by atoms with Crippen molar-refractivity contribution in [3.8, 4) is 5.75 Å². The zero-order valence-corrected chi connectivity index (χ0v) is 22.9. The van der Waals surface area contributed by atoms with Gasteiger partial charge in [0.2, 0.25) is 0 Å². The van der Waals surface area contributed by atoms with E-state index in [0.29, 0.717) is 30.0 Å². The second-order valence-corrected chi connectivity index (χ2v) is 13.4. The minimum absolute atomic E-state index is 0.0265. The SMILES string of the molecule is CCC(C)(C)C(=O)Oc1cc2c3c(cccc3c1)C(=O)N(OS(=O)(=O)CC13CCC(CC1=O)C3(C)C)C2=O. The lowest BCUT2D eigenvalue weighted by Gasteiger charge is -2.36. The summed E-state index contributed by atoms with van der Waals surface area (Å²) in [5.74, 6) is -2.96. The number of rotatable bonds is 7. The van der Waals surface area contributed by atoms with E-state index in [-0.39, 0.29) is 33.6 Å². The van der Waals surface area contributed by atoms with Crippen LogP contribution in [0.3, 0.4) is 0 Å². The van der Waals surface area contributed by atoms with Gasteiger partial charge in [-0.25, -0.2) is 0 Å². The maximum Gasteiger partial charge on any atom is 0.316 e. The standard InChI is InChI=1S/C28H31NO8S/c1-6-26(2,3)25(33)36-18-12-16-8-7-9-19-22(16)20(14-18)24(32)29(23(19)31)37-38(34,35)15-28-11-10-17(13-21(28)30)27(28,4)5/h7-9,12,14,17H,6,10-11,13,15H2,1-5H3. The summed E-state index contributed by atoms with van der Waals surface area (Å²) in [6.45, 7) is 9.12. The first-order chi connectivity index (χ1) is 17.6. The minimum Gasteiger partial charge on any atom is -0.426 e. The normalized spacial score (nSPS) is 24.4.